The van der Waals surface area contributed by atoms with E-state index in [2.05, 4.69) is 34.5 Å². The highest BCUT2D eigenvalue weighted by molar-refractivity contribution is 14.0. The maximum absolute atomic E-state index is 12.5. The Morgan fingerprint density at radius 3 is 2.68 bits per heavy atom. The minimum absolute atomic E-state index is 0. The predicted octanol–water partition coefficient (Wildman–Crippen LogP) is 3.84. The molecule has 0 saturated carbocycles. The third-order valence-electron chi connectivity index (χ3n) is 4.95. The first-order chi connectivity index (χ1) is 13.2. The van der Waals surface area contributed by atoms with Crippen LogP contribution in [0.3, 0.4) is 0 Å². The molecule has 1 aromatic rings. The van der Waals surface area contributed by atoms with Gasteiger partial charge in [0.1, 0.15) is 4.34 Å². The number of thioether (sulfide) groups is 1. The van der Waals surface area contributed by atoms with E-state index in [0.717, 1.165) is 67.8 Å². The fourth-order valence-corrected chi connectivity index (χ4v) is 4.90. The fourth-order valence-electron chi connectivity index (χ4n) is 3.25. The van der Waals surface area contributed by atoms with Gasteiger partial charge >= 0.3 is 0 Å². The summed E-state index contributed by atoms with van der Waals surface area (Å²) in [6.07, 6.45) is 6.74. The lowest BCUT2D eigenvalue weighted by Crippen LogP contribution is -2.50. The number of nitrogens with one attached hydrogen (secondary N) is 2. The van der Waals surface area contributed by atoms with Gasteiger partial charge in [0.05, 0.1) is 0 Å². The lowest BCUT2D eigenvalue weighted by molar-refractivity contribution is -0.136. The van der Waals surface area contributed by atoms with Crippen molar-refractivity contribution in [2.75, 3.05) is 32.4 Å². The first kappa shape index (κ1) is 25.5. The summed E-state index contributed by atoms with van der Waals surface area (Å²) in [5, 5.41) is 8.92. The molecule has 1 aromatic heterocycles. The molecule has 0 spiro atoms. The third-order valence-corrected chi connectivity index (χ3v) is 7.01. The highest BCUT2D eigenvalue weighted by Crippen LogP contribution is 2.20. The molecule has 0 radical (unpaired) electrons. The molecule has 2 rings (SSSR count). The van der Waals surface area contributed by atoms with Crippen molar-refractivity contribution in [1.29, 1.82) is 0 Å². The molecule has 1 saturated heterocycles. The van der Waals surface area contributed by atoms with Crippen LogP contribution in [-0.4, -0.2) is 60.2 Å². The zero-order valence-corrected chi connectivity index (χ0v) is 21.1. The average molecular weight is 540 g/mol. The molecule has 2 heterocycles. The summed E-state index contributed by atoms with van der Waals surface area (Å²) in [6, 6.07) is 0.381. The fraction of sp³-hybridized carbons (Fsp3) is 0.737. The number of piperidine rings is 1. The van der Waals surface area contributed by atoms with Crippen LogP contribution >= 0.6 is 47.1 Å². The highest BCUT2D eigenvalue weighted by Gasteiger charge is 2.26. The van der Waals surface area contributed by atoms with Gasteiger partial charge in [-0.05, 0) is 32.1 Å². The van der Waals surface area contributed by atoms with Crippen molar-refractivity contribution in [3.63, 3.8) is 0 Å². The Kier molecular flexibility index (Phi) is 13.1. The smallest absolute Gasteiger partial charge is 0.225 e. The molecule has 6 nitrogen and oxygen atoms in total. The summed E-state index contributed by atoms with van der Waals surface area (Å²) in [5.74, 6) is 2.43. The molecule has 0 aliphatic carbocycles. The van der Waals surface area contributed by atoms with Crippen molar-refractivity contribution in [3.8, 4) is 0 Å². The first-order valence-corrected chi connectivity index (χ1v) is 11.8. The normalized spacial score (nSPS) is 15.4. The molecular weight excluding hydrogens is 505 g/mol. The molecule has 9 heteroatoms. The summed E-state index contributed by atoms with van der Waals surface area (Å²) >= 11 is 3.49. The number of carbonyl (C=O) groups excluding carboxylic acids is 1. The molecule has 1 aliphatic rings. The SMILES string of the molecule is CCC(CC)C(=O)N1CCC(NC(=NC)NCCCSc2nccs2)CC1.I. The molecule has 28 heavy (non-hydrogen) atoms. The van der Waals surface area contributed by atoms with Gasteiger partial charge in [-0.1, -0.05) is 25.6 Å². The van der Waals surface area contributed by atoms with Gasteiger partial charge in [-0.15, -0.1) is 35.3 Å². The lowest BCUT2D eigenvalue weighted by Gasteiger charge is -2.34. The lowest BCUT2D eigenvalue weighted by atomic mass is 9.98. The van der Waals surface area contributed by atoms with E-state index in [9.17, 15) is 4.79 Å². The number of aliphatic imine (C=N–C) groups is 1. The van der Waals surface area contributed by atoms with Gasteiger partial charge in [0.15, 0.2) is 5.96 Å². The number of guanidine groups is 1. The van der Waals surface area contributed by atoms with Crippen LogP contribution in [0, 0.1) is 5.92 Å². The summed E-state index contributed by atoms with van der Waals surface area (Å²) in [4.78, 5) is 23.2. The van der Waals surface area contributed by atoms with Crippen molar-refractivity contribution in [2.45, 2.75) is 56.3 Å². The average Bonchev–Trinajstić information content (AvgIpc) is 3.21. The number of hydrogen-bond donors (Lipinski definition) is 2. The zero-order chi connectivity index (χ0) is 19.5. The van der Waals surface area contributed by atoms with E-state index in [1.165, 1.54) is 0 Å². The number of halogens is 1. The molecule has 0 bridgehead atoms. The van der Waals surface area contributed by atoms with Crippen LogP contribution in [0.2, 0.25) is 0 Å². The van der Waals surface area contributed by atoms with Gasteiger partial charge in [0, 0.05) is 56.0 Å². The van der Waals surface area contributed by atoms with Crippen molar-refractivity contribution < 1.29 is 4.79 Å². The van der Waals surface area contributed by atoms with Crippen LogP contribution in [-0.2, 0) is 4.79 Å². The molecular formula is C19H34IN5OS2. The van der Waals surface area contributed by atoms with Crippen LogP contribution in [0.1, 0.15) is 46.0 Å². The van der Waals surface area contributed by atoms with Gasteiger partial charge in [-0.25, -0.2) is 4.98 Å². The van der Waals surface area contributed by atoms with Gasteiger partial charge in [-0.2, -0.15) is 0 Å². The molecule has 0 atom stereocenters. The maximum Gasteiger partial charge on any atom is 0.225 e. The quantitative estimate of drug-likeness (QED) is 0.164. The Labute approximate surface area is 194 Å². The van der Waals surface area contributed by atoms with E-state index in [-0.39, 0.29) is 29.9 Å². The van der Waals surface area contributed by atoms with E-state index in [4.69, 9.17) is 0 Å². The molecule has 160 valence electrons. The number of thiazole rings is 1. The Morgan fingerprint density at radius 1 is 1.39 bits per heavy atom. The molecule has 1 aliphatic heterocycles. The first-order valence-electron chi connectivity index (χ1n) is 9.96. The predicted molar refractivity (Wildman–Crippen MR) is 131 cm³/mol. The Hall–Kier alpha value is -0.550. The third kappa shape index (κ3) is 8.44. The van der Waals surface area contributed by atoms with Crippen LogP contribution in [0.15, 0.2) is 20.9 Å². The summed E-state index contributed by atoms with van der Waals surface area (Å²) in [7, 11) is 1.81. The molecule has 0 aromatic carbocycles. The Morgan fingerprint density at radius 2 is 2.11 bits per heavy atom. The standard InChI is InChI=1S/C19H33N5OS2.HI/c1-4-15(5-2)17(25)24-11-7-16(8-12-24)23-18(20-3)21-9-6-13-26-19-22-10-14-27-19;/h10,14-16H,4-9,11-13H2,1-3H3,(H2,20,21,23);1H. The minimum Gasteiger partial charge on any atom is -0.356 e. The molecule has 1 amide bonds. The van der Waals surface area contributed by atoms with Crippen molar-refractivity contribution >= 4 is 58.9 Å². The summed E-state index contributed by atoms with van der Waals surface area (Å²) in [6.45, 7) is 6.78. The van der Waals surface area contributed by atoms with Crippen molar-refractivity contribution in [3.05, 3.63) is 11.6 Å². The van der Waals surface area contributed by atoms with Crippen LogP contribution in [0.5, 0.6) is 0 Å². The van der Waals surface area contributed by atoms with E-state index in [1.54, 1.807) is 23.1 Å². The zero-order valence-electron chi connectivity index (χ0n) is 17.1. The number of hydrogen-bond acceptors (Lipinski definition) is 5. The summed E-state index contributed by atoms with van der Waals surface area (Å²) in [5.41, 5.74) is 0. The van der Waals surface area contributed by atoms with Gasteiger partial charge in [0.25, 0.3) is 0 Å². The molecule has 1 fully saturated rings. The number of aromatic nitrogens is 1. The monoisotopic (exact) mass is 539 g/mol. The number of rotatable bonds is 9. The molecule has 2 N–H and O–H groups in total. The van der Waals surface area contributed by atoms with E-state index in [1.807, 2.05) is 23.5 Å². The number of nitrogens with zero attached hydrogens (tertiary/aromatic N) is 3. The molecule has 0 unspecified atom stereocenters. The number of carbonyl (C=O) groups is 1. The second-order valence-corrected chi connectivity index (χ2v) is 8.99. The largest absolute Gasteiger partial charge is 0.356 e. The van der Waals surface area contributed by atoms with Crippen molar-refractivity contribution in [2.24, 2.45) is 10.9 Å². The Balaban J connectivity index is 0.00000392. The van der Waals surface area contributed by atoms with Gasteiger partial charge < -0.3 is 15.5 Å². The second kappa shape index (κ2) is 14.4. The van der Waals surface area contributed by atoms with Crippen LogP contribution in [0.4, 0.5) is 0 Å². The van der Waals surface area contributed by atoms with Crippen LogP contribution < -0.4 is 10.6 Å². The minimum atomic E-state index is 0. The Bertz CT molecular complexity index is 573. The highest BCUT2D eigenvalue weighted by atomic mass is 127. The van der Waals surface area contributed by atoms with E-state index in [0.29, 0.717) is 11.9 Å². The van der Waals surface area contributed by atoms with Crippen LogP contribution in [0.25, 0.3) is 0 Å². The van der Waals surface area contributed by atoms with Gasteiger partial charge in [-0.3, -0.25) is 9.79 Å². The van der Waals surface area contributed by atoms with Gasteiger partial charge in [0.2, 0.25) is 5.91 Å². The maximum atomic E-state index is 12.5. The van der Waals surface area contributed by atoms with E-state index >= 15 is 0 Å². The van der Waals surface area contributed by atoms with E-state index < -0.39 is 0 Å². The van der Waals surface area contributed by atoms with Crippen molar-refractivity contribution in [1.82, 2.24) is 20.5 Å². The second-order valence-electron chi connectivity index (χ2n) is 6.76. The topological polar surface area (TPSA) is 69.6 Å². The number of amides is 1. The summed E-state index contributed by atoms with van der Waals surface area (Å²) < 4.78 is 1.13. The number of likely N-dealkylation sites (tertiary alicyclic amines) is 1.